The number of rotatable bonds is 5. The summed E-state index contributed by atoms with van der Waals surface area (Å²) in [5.41, 5.74) is 1.94. The van der Waals surface area contributed by atoms with Crippen molar-refractivity contribution < 1.29 is 9.52 Å². The van der Waals surface area contributed by atoms with E-state index in [4.69, 9.17) is 9.52 Å². The minimum absolute atomic E-state index is 0.258. The van der Waals surface area contributed by atoms with Crippen LogP contribution in [0.2, 0.25) is 0 Å². The van der Waals surface area contributed by atoms with Crippen molar-refractivity contribution in [1.29, 1.82) is 0 Å². The monoisotopic (exact) mass is 205 g/mol. The summed E-state index contributed by atoms with van der Waals surface area (Å²) in [7, 11) is 0. The molecule has 3 heteroatoms. The predicted molar refractivity (Wildman–Crippen MR) is 61.0 cm³/mol. The van der Waals surface area contributed by atoms with Gasteiger partial charge in [-0.2, -0.15) is 0 Å². The highest BCUT2D eigenvalue weighted by atomic mass is 16.3. The number of para-hydroxylation sites is 1. The van der Waals surface area contributed by atoms with Crippen LogP contribution >= 0.6 is 0 Å². The third-order valence-electron chi connectivity index (χ3n) is 2.38. The molecule has 0 aliphatic rings. The van der Waals surface area contributed by atoms with Crippen LogP contribution in [-0.4, -0.2) is 18.3 Å². The largest absolute Gasteiger partial charge is 0.462 e. The molecule has 3 nitrogen and oxygen atoms in total. The topological polar surface area (TPSA) is 45.4 Å². The van der Waals surface area contributed by atoms with E-state index in [9.17, 15) is 0 Å². The number of aliphatic hydroxyl groups is 1. The zero-order chi connectivity index (χ0) is 10.5. The second-order valence-electron chi connectivity index (χ2n) is 3.50. The van der Waals surface area contributed by atoms with Gasteiger partial charge in [-0.15, -0.1) is 0 Å². The quantitative estimate of drug-likeness (QED) is 0.737. The van der Waals surface area contributed by atoms with Crippen molar-refractivity contribution in [1.82, 2.24) is 0 Å². The van der Waals surface area contributed by atoms with E-state index in [-0.39, 0.29) is 6.61 Å². The molecule has 0 radical (unpaired) electrons. The summed E-state index contributed by atoms with van der Waals surface area (Å²) in [6.07, 6.45) is 3.54. The van der Waals surface area contributed by atoms with Crippen molar-refractivity contribution in [3.63, 3.8) is 0 Å². The second-order valence-corrected chi connectivity index (χ2v) is 3.50. The van der Waals surface area contributed by atoms with Gasteiger partial charge in [0.05, 0.1) is 5.69 Å². The highest BCUT2D eigenvalue weighted by molar-refractivity contribution is 5.90. The van der Waals surface area contributed by atoms with Gasteiger partial charge in [0.15, 0.2) is 0 Å². The van der Waals surface area contributed by atoms with E-state index in [0.29, 0.717) is 0 Å². The Morgan fingerprint density at radius 3 is 2.93 bits per heavy atom. The molecule has 80 valence electrons. The molecule has 0 aliphatic heterocycles. The molecule has 15 heavy (non-hydrogen) atoms. The third kappa shape index (κ3) is 2.30. The molecule has 1 aromatic heterocycles. The molecular formula is C12H15NO2. The summed E-state index contributed by atoms with van der Waals surface area (Å²) in [6, 6.07) is 7.94. The highest BCUT2D eigenvalue weighted by Gasteiger charge is 2.02. The average Bonchev–Trinajstić information content (AvgIpc) is 2.68. The van der Waals surface area contributed by atoms with Crippen molar-refractivity contribution in [3.05, 3.63) is 30.5 Å². The molecule has 0 saturated heterocycles. The van der Waals surface area contributed by atoms with Crippen molar-refractivity contribution in [2.24, 2.45) is 0 Å². The molecule has 1 heterocycles. The van der Waals surface area contributed by atoms with Gasteiger partial charge in [0.1, 0.15) is 11.8 Å². The lowest BCUT2D eigenvalue weighted by Gasteiger charge is -2.02. The first-order valence-electron chi connectivity index (χ1n) is 5.23. The fourth-order valence-corrected chi connectivity index (χ4v) is 1.57. The standard InChI is InChI=1S/C12H15NO2/c14-8-4-3-7-13-11-9-15-12-6-2-1-5-10(11)12/h1-2,5-6,9,13-14H,3-4,7-8H2. The summed E-state index contributed by atoms with van der Waals surface area (Å²) in [5, 5.41) is 13.1. The fraction of sp³-hybridized carbons (Fsp3) is 0.333. The number of fused-ring (bicyclic) bond motifs is 1. The molecule has 0 bridgehead atoms. The number of aliphatic hydroxyl groups excluding tert-OH is 1. The van der Waals surface area contributed by atoms with Crippen LogP contribution in [0.15, 0.2) is 34.9 Å². The fourth-order valence-electron chi connectivity index (χ4n) is 1.57. The lowest BCUT2D eigenvalue weighted by molar-refractivity contribution is 0.286. The first kappa shape index (κ1) is 10.1. The summed E-state index contributed by atoms with van der Waals surface area (Å²) in [5.74, 6) is 0. The Labute approximate surface area is 88.7 Å². The predicted octanol–water partition coefficient (Wildman–Crippen LogP) is 2.62. The Hall–Kier alpha value is -1.48. The Bertz CT molecular complexity index is 422. The zero-order valence-electron chi connectivity index (χ0n) is 8.57. The molecule has 0 fully saturated rings. The van der Waals surface area contributed by atoms with E-state index in [1.165, 1.54) is 0 Å². The Balaban J connectivity index is 2.02. The van der Waals surface area contributed by atoms with Gasteiger partial charge < -0.3 is 14.8 Å². The van der Waals surface area contributed by atoms with Crippen LogP contribution in [0.3, 0.4) is 0 Å². The lowest BCUT2D eigenvalue weighted by atomic mass is 10.2. The van der Waals surface area contributed by atoms with Crippen molar-refractivity contribution in [3.8, 4) is 0 Å². The maximum Gasteiger partial charge on any atom is 0.136 e. The summed E-state index contributed by atoms with van der Waals surface area (Å²) in [6.45, 7) is 1.12. The molecule has 0 spiro atoms. The van der Waals surface area contributed by atoms with Crippen LogP contribution in [0.4, 0.5) is 5.69 Å². The Kier molecular flexibility index (Phi) is 3.25. The molecule has 0 unspecified atom stereocenters. The number of anilines is 1. The average molecular weight is 205 g/mol. The summed E-state index contributed by atoms with van der Waals surface area (Å²) < 4.78 is 5.39. The van der Waals surface area contributed by atoms with Gasteiger partial charge in [0.2, 0.25) is 0 Å². The molecular weight excluding hydrogens is 190 g/mol. The van der Waals surface area contributed by atoms with E-state index in [0.717, 1.165) is 36.0 Å². The number of nitrogens with one attached hydrogen (secondary N) is 1. The Morgan fingerprint density at radius 2 is 2.07 bits per heavy atom. The number of hydrogen-bond acceptors (Lipinski definition) is 3. The van der Waals surface area contributed by atoms with Crippen LogP contribution in [0.1, 0.15) is 12.8 Å². The first-order chi connectivity index (χ1) is 7.42. The van der Waals surface area contributed by atoms with Crippen LogP contribution in [0, 0.1) is 0 Å². The van der Waals surface area contributed by atoms with Gasteiger partial charge >= 0.3 is 0 Å². The van der Waals surface area contributed by atoms with Crippen LogP contribution in [0.25, 0.3) is 11.0 Å². The zero-order valence-corrected chi connectivity index (χ0v) is 8.57. The van der Waals surface area contributed by atoms with E-state index in [2.05, 4.69) is 5.32 Å². The molecule has 2 rings (SSSR count). The highest BCUT2D eigenvalue weighted by Crippen LogP contribution is 2.24. The number of hydrogen-bond donors (Lipinski definition) is 2. The van der Waals surface area contributed by atoms with Gasteiger partial charge in [-0.1, -0.05) is 12.1 Å². The first-order valence-corrected chi connectivity index (χ1v) is 5.23. The minimum Gasteiger partial charge on any atom is -0.462 e. The number of unbranched alkanes of at least 4 members (excludes halogenated alkanes) is 1. The molecule has 0 saturated carbocycles. The molecule has 0 amide bonds. The van der Waals surface area contributed by atoms with Gasteiger partial charge in [-0.05, 0) is 25.0 Å². The molecule has 2 N–H and O–H groups in total. The Morgan fingerprint density at radius 1 is 1.20 bits per heavy atom. The van der Waals surface area contributed by atoms with Gasteiger partial charge in [-0.25, -0.2) is 0 Å². The molecule has 0 atom stereocenters. The third-order valence-corrected chi connectivity index (χ3v) is 2.38. The second kappa shape index (κ2) is 4.84. The van der Waals surface area contributed by atoms with Gasteiger partial charge in [-0.3, -0.25) is 0 Å². The number of benzene rings is 1. The minimum atomic E-state index is 0.258. The lowest BCUT2D eigenvalue weighted by Crippen LogP contribution is -2.01. The molecule has 1 aromatic carbocycles. The van der Waals surface area contributed by atoms with E-state index >= 15 is 0 Å². The summed E-state index contributed by atoms with van der Waals surface area (Å²) >= 11 is 0. The smallest absolute Gasteiger partial charge is 0.136 e. The van der Waals surface area contributed by atoms with Crippen LogP contribution in [0.5, 0.6) is 0 Å². The van der Waals surface area contributed by atoms with E-state index < -0.39 is 0 Å². The van der Waals surface area contributed by atoms with Gasteiger partial charge in [0.25, 0.3) is 0 Å². The normalized spacial score (nSPS) is 10.7. The molecule has 0 aliphatic carbocycles. The van der Waals surface area contributed by atoms with E-state index in [1.807, 2.05) is 24.3 Å². The van der Waals surface area contributed by atoms with Crippen molar-refractivity contribution in [2.45, 2.75) is 12.8 Å². The summed E-state index contributed by atoms with van der Waals surface area (Å²) in [4.78, 5) is 0. The van der Waals surface area contributed by atoms with Gasteiger partial charge in [0, 0.05) is 18.5 Å². The SMILES string of the molecule is OCCCCNc1coc2ccccc12. The van der Waals surface area contributed by atoms with E-state index in [1.54, 1.807) is 6.26 Å². The number of furan rings is 1. The van der Waals surface area contributed by atoms with Crippen molar-refractivity contribution in [2.75, 3.05) is 18.5 Å². The van der Waals surface area contributed by atoms with Crippen LogP contribution < -0.4 is 5.32 Å². The maximum atomic E-state index is 8.65. The van der Waals surface area contributed by atoms with Crippen molar-refractivity contribution >= 4 is 16.7 Å². The molecule has 2 aromatic rings. The van der Waals surface area contributed by atoms with Crippen LogP contribution in [-0.2, 0) is 0 Å². The maximum absolute atomic E-state index is 8.65.